The molecule has 1 unspecified atom stereocenters. The van der Waals surface area contributed by atoms with Crippen LogP contribution in [0.15, 0.2) is 18.6 Å². The van der Waals surface area contributed by atoms with Gasteiger partial charge in [0.25, 0.3) is 0 Å². The van der Waals surface area contributed by atoms with Gasteiger partial charge in [0.15, 0.2) is 0 Å². The highest BCUT2D eigenvalue weighted by molar-refractivity contribution is 5.85. The van der Waals surface area contributed by atoms with Gasteiger partial charge in [-0.05, 0) is 6.07 Å². The predicted octanol–water partition coefficient (Wildman–Crippen LogP) is -0.0903. The summed E-state index contributed by atoms with van der Waals surface area (Å²) in [7, 11) is 0. The van der Waals surface area contributed by atoms with Crippen LogP contribution in [0.1, 0.15) is 12.1 Å². The first-order chi connectivity index (χ1) is 7.66. The monoisotopic (exact) mass is 221 g/mol. The number of carboxylic acid groups (broad SMARTS) is 1. The topological polar surface area (TPSA) is 83.4 Å². The van der Waals surface area contributed by atoms with Crippen LogP contribution < -0.4 is 0 Å². The first-order valence-corrected chi connectivity index (χ1v) is 4.92. The zero-order chi connectivity index (χ0) is 11.5. The second-order valence-electron chi connectivity index (χ2n) is 3.71. The number of carboxylic acids is 1. The lowest BCUT2D eigenvalue weighted by molar-refractivity contribution is -0.141. The Balaban J connectivity index is 2.02. The van der Waals surface area contributed by atoms with Crippen LogP contribution in [0, 0.1) is 5.92 Å². The third-order valence-corrected chi connectivity index (χ3v) is 2.56. The molecule has 1 aromatic heterocycles. The summed E-state index contributed by atoms with van der Waals surface area (Å²) in [5.41, 5.74) is 0.717. The molecule has 2 heterocycles. The number of hydrogen-bond donors (Lipinski definition) is 1. The van der Waals surface area contributed by atoms with Gasteiger partial charge in [0, 0.05) is 19.2 Å². The summed E-state index contributed by atoms with van der Waals surface area (Å²) in [4.78, 5) is 31.5. The second kappa shape index (κ2) is 4.26. The lowest BCUT2D eigenvalue weighted by atomic mass is 10.1. The quantitative estimate of drug-likeness (QED) is 0.771. The van der Waals surface area contributed by atoms with E-state index in [4.69, 9.17) is 5.11 Å². The average Bonchev–Trinajstić information content (AvgIpc) is 2.62. The summed E-state index contributed by atoms with van der Waals surface area (Å²) >= 11 is 0. The van der Waals surface area contributed by atoms with Crippen LogP contribution in [-0.2, 0) is 16.1 Å². The first-order valence-electron chi connectivity index (χ1n) is 4.92. The van der Waals surface area contributed by atoms with E-state index >= 15 is 0 Å². The number of aliphatic carboxylic acids is 1. The van der Waals surface area contributed by atoms with Gasteiger partial charge in [0.05, 0.1) is 18.2 Å². The molecule has 16 heavy (non-hydrogen) atoms. The Kier molecular flexibility index (Phi) is 2.80. The molecule has 0 radical (unpaired) electrons. The van der Waals surface area contributed by atoms with Crippen molar-refractivity contribution in [1.29, 1.82) is 0 Å². The Morgan fingerprint density at radius 3 is 3.00 bits per heavy atom. The molecular formula is C10H11N3O3. The van der Waals surface area contributed by atoms with Crippen molar-refractivity contribution >= 4 is 11.9 Å². The van der Waals surface area contributed by atoms with Crippen molar-refractivity contribution in [2.75, 3.05) is 6.54 Å². The minimum Gasteiger partial charge on any atom is -0.481 e. The highest BCUT2D eigenvalue weighted by Gasteiger charge is 2.34. The van der Waals surface area contributed by atoms with Crippen LogP contribution in [-0.4, -0.2) is 38.4 Å². The average molecular weight is 221 g/mol. The van der Waals surface area contributed by atoms with E-state index < -0.39 is 11.9 Å². The van der Waals surface area contributed by atoms with E-state index in [1.54, 1.807) is 12.3 Å². The zero-order valence-corrected chi connectivity index (χ0v) is 8.54. The van der Waals surface area contributed by atoms with Gasteiger partial charge in [-0.2, -0.15) is 0 Å². The van der Waals surface area contributed by atoms with Gasteiger partial charge < -0.3 is 10.0 Å². The van der Waals surface area contributed by atoms with Gasteiger partial charge in [-0.25, -0.2) is 9.97 Å². The van der Waals surface area contributed by atoms with E-state index in [2.05, 4.69) is 9.97 Å². The fraction of sp³-hybridized carbons (Fsp3) is 0.400. The molecule has 6 heteroatoms. The molecule has 1 N–H and O–H groups in total. The first kappa shape index (κ1) is 10.5. The third kappa shape index (κ3) is 2.16. The fourth-order valence-electron chi connectivity index (χ4n) is 1.70. The maximum atomic E-state index is 11.5. The van der Waals surface area contributed by atoms with Crippen LogP contribution >= 0.6 is 0 Å². The predicted molar refractivity (Wildman–Crippen MR) is 53.2 cm³/mol. The molecule has 2 rings (SSSR count). The molecule has 1 aromatic rings. The number of carbonyl (C=O) groups excluding carboxylic acids is 1. The minimum atomic E-state index is -0.918. The van der Waals surface area contributed by atoms with Crippen molar-refractivity contribution < 1.29 is 14.7 Å². The van der Waals surface area contributed by atoms with Crippen LogP contribution in [0.5, 0.6) is 0 Å². The largest absolute Gasteiger partial charge is 0.481 e. The molecule has 1 aliphatic rings. The number of likely N-dealkylation sites (tertiary alicyclic amines) is 1. The van der Waals surface area contributed by atoms with Crippen molar-refractivity contribution in [3.63, 3.8) is 0 Å². The molecule has 6 nitrogen and oxygen atoms in total. The molecule has 1 aliphatic heterocycles. The Bertz CT molecular complexity index is 407. The summed E-state index contributed by atoms with van der Waals surface area (Å²) < 4.78 is 0. The Morgan fingerprint density at radius 1 is 1.62 bits per heavy atom. The zero-order valence-electron chi connectivity index (χ0n) is 8.54. The van der Waals surface area contributed by atoms with Crippen LogP contribution in [0.3, 0.4) is 0 Å². The molecule has 1 fully saturated rings. The number of carbonyl (C=O) groups is 2. The SMILES string of the molecule is O=C(O)C1CC(=O)N(Cc2ccncn2)C1. The molecule has 1 amide bonds. The van der Waals surface area contributed by atoms with Gasteiger partial charge in [0.2, 0.25) is 5.91 Å². The number of aromatic nitrogens is 2. The van der Waals surface area contributed by atoms with Gasteiger partial charge in [-0.3, -0.25) is 9.59 Å². The Hall–Kier alpha value is -1.98. The van der Waals surface area contributed by atoms with E-state index in [9.17, 15) is 9.59 Å². The van der Waals surface area contributed by atoms with Gasteiger partial charge in [-0.1, -0.05) is 0 Å². The van der Waals surface area contributed by atoms with Crippen molar-refractivity contribution in [3.05, 3.63) is 24.3 Å². The molecule has 0 aromatic carbocycles. The number of rotatable bonds is 3. The molecule has 1 atom stereocenters. The van der Waals surface area contributed by atoms with Crippen LogP contribution in [0.2, 0.25) is 0 Å². The van der Waals surface area contributed by atoms with Gasteiger partial charge in [0.1, 0.15) is 6.33 Å². The van der Waals surface area contributed by atoms with Gasteiger partial charge >= 0.3 is 5.97 Å². The fourth-order valence-corrected chi connectivity index (χ4v) is 1.70. The van der Waals surface area contributed by atoms with Crippen molar-refractivity contribution in [2.45, 2.75) is 13.0 Å². The van der Waals surface area contributed by atoms with Crippen LogP contribution in [0.4, 0.5) is 0 Å². The Morgan fingerprint density at radius 2 is 2.44 bits per heavy atom. The minimum absolute atomic E-state index is 0.0837. The third-order valence-electron chi connectivity index (χ3n) is 2.56. The summed E-state index contributed by atoms with van der Waals surface area (Å²) in [6, 6.07) is 1.71. The second-order valence-corrected chi connectivity index (χ2v) is 3.71. The standard InChI is InChI=1S/C10H11N3O3/c14-9-3-7(10(15)16)4-13(9)5-8-1-2-11-6-12-8/h1-2,6-7H,3-5H2,(H,15,16). The number of amides is 1. The molecule has 1 saturated heterocycles. The van der Waals surface area contributed by atoms with E-state index in [-0.39, 0.29) is 18.9 Å². The molecule has 84 valence electrons. The molecule has 0 saturated carbocycles. The highest BCUT2D eigenvalue weighted by atomic mass is 16.4. The van der Waals surface area contributed by atoms with Crippen LogP contribution in [0.25, 0.3) is 0 Å². The lowest BCUT2D eigenvalue weighted by Gasteiger charge is -2.14. The molecule has 0 bridgehead atoms. The summed E-state index contributed by atoms with van der Waals surface area (Å²) in [6.45, 7) is 0.614. The molecule has 0 aliphatic carbocycles. The smallest absolute Gasteiger partial charge is 0.308 e. The van der Waals surface area contributed by atoms with Crippen molar-refractivity contribution in [3.8, 4) is 0 Å². The van der Waals surface area contributed by atoms with Crippen molar-refractivity contribution in [2.24, 2.45) is 5.92 Å². The normalized spacial score (nSPS) is 20.1. The van der Waals surface area contributed by atoms with E-state index in [0.717, 1.165) is 5.69 Å². The van der Waals surface area contributed by atoms with E-state index in [0.29, 0.717) is 6.54 Å². The lowest BCUT2D eigenvalue weighted by Crippen LogP contribution is -2.26. The van der Waals surface area contributed by atoms with Crippen molar-refractivity contribution in [1.82, 2.24) is 14.9 Å². The number of nitrogens with zero attached hydrogens (tertiary/aromatic N) is 3. The summed E-state index contributed by atoms with van der Waals surface area (Å²) in [5, 5.41) is 8.81. The maximum absolute atomic E-state index is 11.5. The summed E-state index contributed by atoms with van der Waals surface area (Å²) in [5.74, 6) is -1.64. The summed E-state index contributed by atoms with van der Waals surface area (Å²) in [6.07, 6.45) is 3.09. The van der Waals surface area contributed by atoms with Gasteiger partial charge in [-0.15, -0.1) is 0 Å². The highest BCUT2D eigenvalue weighted by Crippen LogP contribution is 2.19. The Labute approximate surface area is 91.9 Å². The number of hydrogen-bond acceptors (Lipinski definition) is 4. The van der Waals surface area contributed by atoms with E-state index in [1.807, 2.05) is 0 Å². The molecule has 0 spiro atoms. The molecular weight excluding hydrogens is 210 g/mol. The van der Waals surface area contributed by atoms with E-state index in [1.165, 1.54) is 11.2 Å². The maximum Gasteiger partial charge on any atom is 0.308 e.